The Morgan fingerprint density at radius 1 is 1.13 bits per heavy atom. The number of carbonyl (C=O) groups excluding carboxylic acids is 1. The van der Waals surface area contributed by atoms with Crippen molar-refractivity contribution in [3.8, 4) is 0 Å². The van der Waals surface area contributed by atoms with Gasteiger partial charge in [0.1, 0.15) is 11.6 Å². The van der Waals surface area contributed by atoms with Crippen LogP contribution in [0.3, 0.4) is 0 Å². The van der Waals surface area contributed by atoms with Gasteiger partial charge in [-0.3, -0.25) is 10.2 Å². The first-order valence-corrected chi connectivity index (χ1v) is 10.0. The van der Waals surface area contributed by atoms with Gasteiger partial charge in [-0.2, -0.15) is 5.10 Å². The molecule has 1 aliphatic rings. The van der Waals surface area contributed by atoms with E-state index in [1.807, 2.05) is 37.3 Å². The highest BCUT2D eigenvalue weighted by molar-refractivity contribution is 6.06. The van der Waals surface area contributed by atoms with Crippen LogP contribution in [-0.2, 0) is 13.0 Å². The van der Waals surface area contributed by atoms with Crippen molar-refractivity contribution < 1.29 is 13.6 Å². The summed E-state index contributed by atoms with van der Waals surface area (Å²) in [5.74, 6) is 0.739. The van der Waals surface area contributed by atoms with Crippen molar-refractivity contribution in [1.29, 1.82) is 0 Å². The van der Waals surface area contributed by atoms with Gasteiger partial charge in [-0.05, 0) is 49.6 Å². The van der Waals surface area contributed by atoms with Gasteiger partial charge in [-0.1, -0.05) is 30.3 Å². The summed E-state index contributed by atoms with van der Waals surface area (Å²) in [5.41, 5.74) is 7.33. The number of amides is 1. The Kier molecular flexibility index (Phi) is 5.65. The maximum Gasteiger partial charge on any atom is 0.289 e. The van der Waals surface area contributed by atoms with Crippen LogP contribution in [0, 0.1) is 12.7 Å². The van der Waals surface area contributed by atoms with Crippen molar-refractivity contribution in [3.05, 3.63) is 88.6 Å². The zero-order valence-electron chi connectivity index (χ0n) is 17.1. The minimum absolute atomic E-state index is 0.142. The number of nitrogens with zero attached hydrogens (tertiary/aromatic N) is 2. The molecule has 6 heteroatoms. The third-order valence-corrected chi connectivity index (χ3v) is 5.29. The lowest BCUT2D eigenvalue weighted by Crippen LogP contribution is -2.26. The molecule has 5 nitrogen and oxygen atoms in total. The number of rotatable bonds is 5. The van der Waals surface area contributed by atoms with Gasteiger partial charge in [0.25, 0.3) is 5.91 Å². The Balaban J connectivity index is 1.57. The van der Waals surface area contributed by atoms with Crippen LogP contribution in [0.5, 0.6) is 0 Å². The molecule has 30 heavy (non-hydrogen) atoms. The van der Waals surface area contributed by atoms with Crippen LogP contribution in [-0.4, -0.2) is 23.6 Å². The molecule has 0 saturated heterocycles. The quantitative estimate of drug-likeness (QED) is 0.597. The Morgan fingerprint density at radius 2 is 1.87 bits per heavy atom. The molecular formula is C24H24FN3O2. The van der Waals surface area contributed by atoms with E-state index in [4.69, 9.17) is 4.42 Å². The van der Waals surface area contributed by atoms with Crippen molar-refractivity contribution in [2.75, 3.05) is 12.5 Å². The number of hydrogen-bond acceptors (Lipinski definition) is 4. The number of anilines is 1. The average molecular weight is 405 g/mol. The number of aryl methyl sites for hydroxylation is 1. The number of furan rings is 1. The number of nitrogens with one attached hydrogen (secondary N) is 1. The van der Waals surface area contributed by atoms with E-state index < -0.39 is 0 Å². The van der Waals surface area contributed by atoms with Crippen LogP contribution in [0.4, 0.5) is 10.1 Å². The maximum absolute atomic E-state index is 13.1. The van der Waals surface area contributed by atoms with Crippen LogP contribution in [0.2, 0.25) is 0 Å². The Hall–Kier alpha value is -3.41. The lowest BCUT2D eigenvalue weighted by atomic mass is 9.93. The third kappa shape index (κ3) is 4.13. The fourth-order valence-corrected chi connectivity index (χ4v) is 3.74. The molecule has 2 aromatic carbocycles. The van der Waals surface area contributed by atoms with Crippen LogP contribution in [0.1, 0.15) is 45.8 Å². The van der Waals surface area contributed by atoms with E-state index in [1.165, 1.54) is 12.1 Å². The van der Waals surface area contributed by atoms with Crippen LogP contribution >= 0.6 is 0 Å². The molecule has 154 valence electrons. The number of hydrazone groups is 1. The fourth-order valence-electron chi connectivity index (χ4n) is 3.74. The first-order valence-electron chi connectivity index (χ1n) is 10.0. The van der Waals surface area contributed by atoms with E-state index in [-0.39, 0.29) is 11.7 Å². The number of benzene rings is 2. The normalized spacial score (nSPS) is 14.4. The van der Waals surface area contributed by atoms with E-state index in [1.54, 1.807) is 24.1 Å². The third-order valence-electron chi connectivity index (χ3n) is 5.29. The number of hydrogen-bond donors (Lipinski definition) is 1. The molecule has 4 rings (SSSR count). The van der Waals surface area contributed by atoms with Gasteiger partial charge in [-0.15, -0.1) is 0 Å². The fraction of sp³-hybridized carbons (Fsp3) is 0.250. The minimum atomic E-state index is -0.290. The van der Waals surface area contributed by atoms with Crippen molar-refractivity contribution in [3.63, 3.8) is 0 Å². The first kappa shape index (κ1) is 19.9. The second-order valence-electron chi connectivity index (χ2n) is 7.53. The van der Waals surface area contributed by atoms with Gasteiger partial charge in [-0.25, -0.2) is 4.39 Å². The smallest absolute Gasteiger partial charge is 0.289 e. The predicted molar refractivity (Wildman–Crippen MR) is 115 cm³/mol. The van der Waals surface area contributed by atoms with Gasteiger partial charge in [0.2, 0.25) is 0 Å². The SMILES string of the molecule is Cc1c(C(=O)N(C)Cc2ccccc2)oc2c1/C(=N/Nc1ccc(F)cc1)CCC2. The van der Waals surface area contributed by atoms with E-state index >= 15 is 0 Å². The molecule has 0 radical (unpaired) electrons. The van der Waals surface area contributed by atoms with Gasteiger partial charge in [0.05, 0.1) is 11.4 Å². The summed E-state index contributed by atoms with van der Waals surface area (Å²) < 4.78 is 19.1. The summed E-state index contributed by atoms with van der Waals surface area (Å²) in [6.45, 7) is 2.42. The highest BCUT2D eigenvalue weighted by Crippen LogP contribution is 2.31. The van der Waals surface area contributed by atoms with Crippen LogP contribution < -0.4 is 5.43 Å². The van der Waals surface area contributed by atoms with E-state index in [0.717, 1.165) is 47.4 Å². The lowest BCUT2D eigenvalue weighted by Gasteiger charge is -2.16. The molecule has 0 atom stereocenters. The zero-order chi connectivity index (χ0) is 21.1. The first-order chi connectivity index (χ1) is 14.5. The molecule has 0 unspecified atom stereocenters. The Labute approximate surface area is 175 Å². The molecule has 0 fully saturated rings. The molecule has 1 aliphatic carbocycles. The molecule has 0 bridgehead atoms. The predicted octanol–water partition coefficient (Wildman–Crippen LogP) is 5.15. The number of carbonyl (C=O) groups is 1. The summed E-state index contributed by atoms with van der Waals surface area (Å²) >= 11 is 0. The zero-order valence-corrected chi connectivity index (χ0v) is 17.1. The standard InChI is InChI=1S/C24H24FN3O2/c1-16-22-20(27-26-19-13-11-18(25)12-14-19)9-6-10-21(22)30-23(16)24(29)28(2)15-17-7-4-3-5-8-17/h3-5,7-8,11-14,26H,6,9-10,15H2,1-2H3/b27-20+. The summed E-state index contributed by atoms with van der Waals surface area (Å²) in [6, 6.07) is 15.9. The van der Waals surface area contributed by atoms with E-state index in [2.05, 4.69) is 10.5 Å². The number of fused-ring (bicyclic) bond motifs is 1. The van der Waals surface area contributed by atoms with Crippen LogP contribution in [0.15, 0.2) is 64.1 Å². The van der Waals surface area contributed by atoms with Crippen molar-refractivity contribution in [1.82, 2.24) is 4.90 Å². The second-order valence-corrected chi connectivity index (χ2v) is 7.53. The van der Waals surface area contributed by atoms with Gasteiger partial charge >= 0.3 is 0 Å². The van der Waals surface area contributed by atoms with Crippen molar-refractivity contribution in [2.45, 2.75) is 32.7 Å². The van der Waals surface area contributed by atoms with Crippen molar-refractivity contribution in [2.24, 2.45) is 5.10 Å². The lowest BCUT2D eigenvalue weighted by molar-refractivity contribution is 0.0750. The average Bonchev–Trinajstić information content (AvgIpc) is 3.10. The summed E-state index contributed by atoms with van der Waals surface area (Å²) in [7, 11) is 1.78. The van der Waals surface area contributed by atoms with E-state index in [0.29, 0.717) is 18.0 Å². The Morgan fingerprint density at radius 3 is 2.60 bits per heavy atom. The van der Waals surface area contributed by atoms with Crippen LogP contribution in [0.25, 0.3) is 0 Å². The molecule has 0 aliphatic heterocycles. The molecular weight excluding hydrogens is 381 g/mol. The van der Waals surface area contributed by atoms with Gasteiger partial charge in [0, 0.05) is 31.1 Å². The van der Waals surface area contributed by atoms with Gasteiger partial charge in [0.15, 0.2) is 5.76 Å². The van der Waals surface area contributed by atoms with Crippen molar-refractivity contribution >= 4 is 17.3 Å². The number of halogens is 1. The topological polar surface area (TPSA) is 57.8 Å². The highest BCUT2D eigenvalue weighted by atomic mass is 19.1. The summed E-state index contributed by atoms with van der Waals surface area (Å²) in [5, 5.41) is 4.53. The molecule has 1 aromatic heterocycles. The monoisotopic (exact) mass is 405 g/mol. The summed E-state index contributed by atoms with van der Waals surface area (Å²) in [4.78, 5) is 14.7. The molecule has 1 amide bonds. The molecule has 1 N–H and O–H groups in total. The maximum atomic E-state index is 13.1. The summed E-state index contributed by atoms with van der Waals surface area (Å²) in [6.07, 6.45) is 2.47. The largest absolute Gasteiger partial charge is 0.455 e. The molecule has 3 aromatic rings. The van der Waals surface area contributed by atoms with E-state index in [9.17, 15) is 9.18 Å². The highest BCUT2D eigenvalue weighted by Gasteiger charge is 2.29. The molecule has 1 heterocycles. The minimum Gasteiger partial charge on any atom is -0.455 e. The molecule has 0 spiro atoms. The Bertz CT molecular complexity index is 1070. The second kappa shape index (κ2) is 8.53. The van der Waals surface area contributed by atoms with Gasteiger partial charge < -0.3 is 9.32 Å². The molecule has 0 saturated carbocycles.